The highest BCUT2D eigenvalue weighted by Gasteiger charge is 2.74. The van der Waals surface area contributed by atoms with Crippen molar-refractivity contribution in [1.82, 2.24) is 14.8 Å². The van der Waals surface area contributed by atoms with Crippen LogP contribution in [0, 0.1) is 5.41 Å². The van der Waals surface area contributed by atoms with E-state index in [1.165, 1.54) is 0 Å². The van der Waals surface area contributed by atoms with E-state index in [0.29, 0.717) is 0 Å². The molecule has 154 valence electrons. The second-order valence-corrected chi connectivity index (χ2v) is 6.99. The zero-order valence-corrected chi connectivity index (χ0v) is 14.8. The fraction of sp³-hybridized carbons (Fsp3) is 0.500. The van der Waals surface area contributed by atoms with E-state index in [2.05, 4.69) is 14.8 Å². The molecule has 1 unspecified atom stereocenters. The highest BCUT2D eigenvalue weighted by atomic mass is 35.5. The molecule has 0 bridgehead atoms. The van der Waals surface area contributed by atoms with Crippen molar-refractivity contribution >= 4 is 11.6 Å². The molecule has 5 nitrogen and oxygen atoms in total. The van der Waals surface area contributed by atoms with Crippen molar-refractivity contribution in [3.8, 4) is 5.75 Å². The molecule has 1 aliphatic carbocycles. The number of aliphatic hydroxyl groups is 1. The number of rotatable bonds is 6. The van der Waals surface area contributed by atoms with Crippen LogP contribution in [0.15, 0.2) is 30.9 Å². The summed E-state index contributed by atoms with van der Waals surface area (Å²) < 4.78 is 83.7. The van der Waals surface area contributed by atoms with E-state index >= 15 is 0 Å². The Kier molecular flexibility index (Phi) is 5.03. The lowest BCUT2D eigenvalue weighted by Gasteiger charge is -2.38. The average molecular weight is 430 g/mol. The second kappa shape index (κ2) is 6.80. The third kappa shape index (κ3) is 3.77. The Hall–Kier alpha value is -2.01. The van der Waals surface area contributed by atoms with Gasteiger partial charge in [0.25, 0.3) is 0 Å². The summed E-state index contributed by atoms with van der Waals surface area (Å²) in [4.78, 5) is 3.65. The molecule has 12 heteroatoms. The largest absolute Gasteiger partial charge is 0.484 e. The number of benzene rings is 1. The standard InChI is InChI=1S/C16H14ClF6N3O2/c17-12-5-10(28-7-15(18,19)20)1-2-11(12)14(27,6-26-9-24-8-25-26)13(3-4-13)16(21,22)23/h1-2,5,8-9,27H,3-4,6-7H2. The van der Waals surface area contributed by atoms with E-state index in [0.717, 1.165) is 35.5 Å². The SMILES string of the molecule is OC(Cn1cncn1)(c1ccc(OCC(F)(F)F)cc1Cl)C1(C(F)(F)F)CC1. The number of ether oxygens (including phenoxy) is 1. The van der Waals surface area contributed by atoms with Crippen molar-refractivity contribution < 1.29 is 36.2 Å². The molecule has 1 fully saturated rings. The van der Waals surface area contributed by atoms with Crippen LogP contribution in [-0.4, -0.2) is 38.8 Å². The quantitative estimate of drug-likeness (QED) is 0.702. The number of hydrogen-bond acceptors (Lipinski definition) is 4. The van der Waals surface area contributed by atoms with Gasteiger partial charge < -0.3 is 9.84 Å². The van der Waals surface area contributed by atoms with Crippen molar-refractivity contribution in [2.75, 3.05) is 6.61 Å². The van der Waals surface area contributed by atoms with Crippen LogP contribution >= 0.6 is 11.6 Å². The maximum absolute atomic E-state index is 13.8. The fourth-order valence-electron chi connectivity index (χ4n) is 3.19. The van der Waals surface area contributed by atoms with E-state index in [9.17, 15) is 31.4 Å². The molecular weight excluding hydrogens is 416 g/mol. The van der Waals surface area contributed by atoms with Crippen LogP contribution in [0.2, 0.25) is 5.02 Å². The van der Waals surface area contributed by atoms with E-state index in [-0.39, 0.29) is 29.2 Å². The van der Waals surface area contributed by atoms with Crippen molar-refractivity contribution in [2.24, 2.45) is 5.41 Å². The van der Waals surface area contributed by atoms with Gasteiger partial charge in [-0.05, 0) is 25.0 Å². The van der Waals surface area contributed by atoms with Gasteiger partial charge in [-0.25, -0.2) is 9.67 Å². The predicted octanol–water partition coefficient (Wildman–Crippen LogP) is 4.10. The van der Waals surface area contributed by atoms with Gasteiger partial charge in [0.15, 0.2) is 6.61 Å². The highest BCUT2D eigenvalue weighted by molar-refractivity contribution is 6.31. The van der Waals surface area contributed by atoms with E-state index < -0.39 is 36.5 Å². The smallest absolute Gasteiger partial charge is 0.422 e. The summed E-state index contributed by atoms with van der Waals surface area (Å²) >= 11 is 6.05. The van der Waals surface area contributed by atoms with E-state index in [1.807, 2.05) is 0 Å². The maximum Gasteiger partial charge on any atom is 0.422 e. The third-order valence-electron chi connectivity index (χ3n) is 4.73. The number of hydrogen-bond donors (Lipinski definition) is 1. The molecule has 1 saturated carbocycles. The summed E-state index contributed by atoms with van der Waals surface area (Å²) in [5.41, 5.74) is -5.23. The Balaban J connectivity index is 1.99. The first kappa shape index (κ1) is 20.7. The van der Waals surface area contributed by atoms with E-state index in [1.54, 1.807) is 0 Å². The Morgan fingerprint density at radius 1 is 1.18 bits per heavy atom. The molecule has 0 aliphatic heterocycles. The first-order valence-electron chi connectivity index (χ1n) is 7.99. The van der Waals surface area contributed by atoms with Crippen molar-refractivity contribution in [2.45, 2.75) is 37.3 Å². The number of nitrogens with zero attached hydrogens (tertiary/aromatic N) is 3. The summed E-state index contributed by atoms with van der Waals surface area (Å²) in [6.45, 7) is -2.17. The molecule has 1 atom stereocenters. The van der Waals surface area contributed by atoms with Gasteiger partial charge in [-0.3, -0.25) is 0 Å². The van der Waals surface area contributed by atoms with Crippen LogP contribution in [-0.2, 0) is 12.1 Å². The lowest BCUT2D eigenvalue weighted by Crippen LogP contribution is -2.49. The summed E-state index contributed by atoms with van der Waals surface area (Å²) in [5, 5.41) is 14.6. The molecule has 0 amide bonds. The van der Waals surface area contributed by atoms with Crippen molar-refractivity contribution in [3.63, 3.8) is 0 Å². The molecule has 0 radical (unpaired) electrons. The summed E-state index contributed by atoms with van der Waals surface area (Å²) in [6, 6.07) is 3.02. The summed E-state index contributed by atoms with van der Waals surface area (Å²) in [6.07, 6.45) is -7.74. The van der Waals surface area contributed by atoms with Crippen LogP contribution < -0.4 is 4.74 Å². The highest BCUT2D eigenvalue weighted by Crippen LogP contribution is 2.67. The Labute approximate surface area is 159 Å². The Bertz CT molecular complexity index is 836. The van der Waals surface area contributed by atoms with Crippen LogP contribution in [0.4, 0.5) is 26.3 Å². The topological polar surface area (TPSA) is 60.2 Å². The molecule has 3 rings (SSSR count). The first-order valence-corrected chi connectivity index (χ1v) is 8.37. The molecule has 0 spiro atoms. The zero-order chi connectivity index (χ0) is 20.8. The molecule has 2 aromatic rings. The monoisotopic (exact) mass is 429 g/mol. The van der Waals surface area contributed by atoms with Gasteiger partial charge in [0, 0.05) is 5.56 Å². The Morgan fingerprint density at radius 2 is 1.86 bits per heavy atom. The van der Waals surface area contributed by atoms with Gasteiger partial charge in [-0.15, -0.1) is 0 Å². The van der Waals surface area contributed by atoms with Crippen LogP contribution in [0.25, 0.3) is 0 Å². The summed E-state index contributed by atoms with van der Waals surface area (Å²) in [7, 11) is 0. The minimum absolute atomic E-state index is 0.279. The lowest BCUT2D eigenvalue weighted by molar-refractivity contribution is -0.250. The molecular formula is C16H14ClF6N3O2. The van der Waals surface area contributed by atoms with Crippen LogP contribution in [0.3, 0.4) is 0 Å². The van der Waals surface area contributed by atoms with Crippen LogP contribution in [0.1, 0.15) is 18.4 Å². The van der Waals surface area contributed by atoms with Gasteiger partial charge in [-0.1, -0.05) is 17.7 Å². The third-order valence-corrected chi connectivity index (χ3v) is 5.04. The minimum atomic E-state index is -4.74. The first-order chi connectivity index (χ1) is 12.9. The number of aromatic nitrogens is 3. The number of alkyl halides is 6. The fourth-order valence-corrected chi connectivity index (χ4v) is 3.51. The zero-order valence-electron chi connectivity index (χ0n) is 14.1. The molecule has 1 aromatic heterocycles. The molecule has 1 aromatic carbocycles. The van der Waals surface area contributed by atoms with Gasteiger partial charge in [-0.2, -0.15) is 31.4 Å². The summed E-state index contributed by atoms with van der Waals surface area (Å²) in [5.74, 6) is -0.286. The van der Waals surface area contributed by atoms with Gasteiger partial charge in [0.2, 0.25) is 0 Å². The maximum atomic E-state index is 13.8. The molecule has 1 aliphatic rings. The predicted molar refractivity (Wildman–Crippen MR) is 84.6 cm³/mol. The molecule has 28 heavy (non-hydrogen) atoms. The van der Waals surface area contributed by atoms with Gasteiger partial charge in [0.1, 0.15) is 29.4 Å². The number of halogens is 7. The second-order valence-electron chi connectivity index (χ2n) is 6.58. The Morgan fingerprint density at radius 3 is 2.32 bits per heavy atom. The molecule has 1 N–H and O–H groups in total. The van der Waals surface area contributed by atoms with E-state index in [4.69, 9.17) is 11.6 Å². The lowest BCUT2D eigenvalue weighted by atomic mass is 9.77. The van der Waals surface area contributed by atoms with Gasteiger partial charge >= 0.3 is 12.4 Å². The van der Waals surface area contributed by atoms with Crippen LogP contribution in [0.5, 0.6) is 5.75 Å². The van der Waals surface area contributed by atoms with Crippen molar-refractivity contribution in [3.05, 3.63) is 41.4 Å². The average Bonchev–Trinajstić information content (AvgIpc) is 3.26. The minimum Gasteiger partial charge on any atom is -0.484 e. The normalized spacial score (nSPS) is 18.6. The van der Waals surface area contributed by atoms with Gasteiger partial charge in [0.05, 0.1) is 11.6 Å². The molecule has 1 heterocycles. The molecule has 0 saturated heterocycles. The van der Waals surface area contributed by atoms with Crippen molar-refractivity contribution in [1.29, 1.82) is 0 Å².